The lowest BCUT2D eigenvalue weighted by atomic mass is 9.70. The summed E-state index contributed by atoms with van der Waals surface area (Å²) in [6, 6.07) is 92.0. The van der Waals surface area contributed by atoms with Crippen LogP contribution in [0.2, 0.25) is 0 Å². The lowest BCUT2D eigenvalue weighted by Crippen LogP contribution is -2.26. The second-order valence-corrected chi connectivity index (χ2v) is 18.7. The molecule has 2 heteroatoms. The van der Waals surface area contributed by atoms with Crippen LogP contribution in [0.5, 0.6) is 0 Å². The van der Waals surface area contributed by atoms with E-state index < -0.39 is 5.41 Å². The van der Waals surface area contributed by atoms with Gasteiger partial charge in [0.25, 0.3) is 0 Å². The molecule has 1 aromatic heterocycles. The zero-order valence-electron chi connectivity index (χ0n) is 37.5. The van der Waals surface area contributed by atoms with Crippen LogP contribution < -0.4 is 4.90 Å². The maximum absolute atomic E-state index is 6.14. The summed E-state index contributed by atoms with van der Waals surface area (Å²) in [6.07, 6.45) is 0. The second kappa shape index (κ2) is 14.5. The maximum atomic E-state index is 6.14. The van der Waals surface area contributed by atoms with Crippen LogP contribution >= 0.6 is 0 Å². The van der Waals surface area contributed by atoms with Gasteiger partial charge in [-0.1, -0.05) is 200 Å². The molecule has 12 aromatic carbocycles. The third kappa shape index (κ3) is 5.37. The number of rotatable bonds is 5. The van der Waals surface area contributed by atoms with Crippen LogP contribution in [0.25, 0.3) is 98.8 Å². The summed E-state index contributed by atoms with van der Waals surface area (Å²) in [4.78, 5) is 2.51. The molecule has 2 aliphatic rings. The fourth-order valence-electron chi connectivity index (χ4n) is 12.3. The third-order valence-electron chi connectivity index (χ3n) is 15.3. The number of nitrogens with zero attached hydrogens (tertiary/aromatic N) is 1. The Morgan fingerprint density at radius 3 is 1.38 bits per heavy atom. The molecule has 13 aromatic rings. The normalized spacial score (nSPS) is 13.0. The number of hydrogen-bond donors (Lipinski definition) is 0. The molecule has 0 atom stereocenters. The topological polar surface area (TPSA) is 16.4 Å². The molecule has 2 aliphatic carbocycles. The predicted molar refractivity (Wildman–Crippen MR) is 288 cm³/mol. The van der Waals surface area contributed by atoms with Crippen molar-refractivity contribution in [2.75, 3.05) is 4.90 Å². The van der Waals surface area contributed by atoms with E-state index in [1.165, 1.54) is 99.1 Å². The SMILES string of the molecule is c1ccc2c(c1)-c1ccccc1C21c2ccccc2-c2c(N(c3ccc(-c4ccc(-c5ccc6oc7ccccc7c6c5)cc4)cc3)c3ccc4c5ccccc5c5ccccc5c4c3)cccc21. The van der Waals surface area contributed by atoms with Crippen molar-refractivity contribution < 1.29 is 4.42 Å². The van der Waals surface area contributed by atoms with Gasteiger partial charge in [0, 0.05) is 27.7 Å². The van der Waals surface area contributed by atoms with Gasteiger partial charge in [-0.05, 0) is 142 Å². The zero-order chi connectivity index (χ0) is 45.2. The summed E-state index contributed by atoms with van der Waals surface area (Å²) in [7, 11) is 0. The summed E-state index contributed by atoms with van der Waals surface area (Å²) in [5.41, 5.74) is 19.9. The van der Waals surface area contributed by atoms with E-state index in [-0.39, 0.29) is 0 Å². The average Bonchev–Trinajstić information content (AvgIpc) is 4.06. The van der Waals surface area contributed by atoms with Gasteiger partial charge in [0.05, 0.1) is 11.1 Å². The van der Waals surface area contributed by atoms with Crippen LogP contribution in [0, 0.1) is 0 Å². The first-order chi connectivity index (χ1) is 34.2. The Kier molecular flexibility index (Phi) is 8.02. The van der Waals surface area contributed by atoms with Crippen molar-refractivity contribution >= 4 is 71.3 Å². The van der Waals surface area contributed by atoms with Gasteiger partial charge in [-0.15, -0.1) is 0 Å². The smallest absolute Gasteiger partial charge is 0.135 e. The third-order valence-corrected chi connectivity index (χ3v) is 15.3. The quantitative estimate of drug-likeness (QED) is 0.160. The summed E-state index contributed by atoms with van der Waals surface area (Å²) >= 11 is 0. The van der Waals surface area contributed by atoms with Gasteiger partial charge in [-0.25, -0.2) is 0 Å². The van der Waals surface area contributed by atoms with E-state index in [0.29, 0.717) is 0 Å². The predicted octanol–water partition coefficient (Wildman–Crippen LogP) is 18.2. The van der Waals surface area contributed by atoms with E-state index in [2.05, 4.69) is 241 Å². The molecule has 0 saturated carbocycles. The number of benzene rings is 12. The van der Waals surface area contributed by atoms with Crippen molar-refractivity contribution in [1.29, 1.82) is 0 Å². The highest BCUT2D eigenvalue weighted by Gasteiger charge is 2.52. The second-order valence-electron chi connectivity index (χ2n) is 18.7. The minimum absolute atomic E-state index is 0.451. The molecule has 0 N–H and O–H groups in total. The molecule has 320 valence electrons. The van der Waals surface area contributed by atoms with Crippen LogP contribution in [0.1, 0.15) is 22.3 Å². The monoisotopic (exact) mass is 875 g/mol. The van der Waals surface area contributed by atoms with E-state index in [9.17, 15) is 0 Å². The van der Waals surface area contributed by atoms with E-state index in [0.717, 1.165) is 39.0 Å². The van der Waals surface area contributed by atoms with Crippen LogP contribution in [-0.4, -0.2) is 0 Å². The molecule has 1 heterocycles. The van der Waals surface area contributed by atoms with Gasteiger partial charge >= 0.3 is 0 Å². The lowest BCUT2D eigenvalue weighted by Gasteiger charge is -2.32. The van der Waals surface area contributed by atoms with E-state index in [1.807, 2.05) is 12.1 Å². The van der Waals surface area contributed by atoms with Crippen molar-refractivity contribution in [3.05, 3.63) is 271 Å². The van der Waals surface area contributed by atoms with Crippen molar-refractivity contribution in [3.63, 3.8) is 0 Å². The summed E-state index contributed by atoms with van der Waals surface area (Å²) in [5.74, 6) is 0. The highest BCUT2D eigenvalue weighted by molar-refractivity contribution is 6.26. The largest absolute Gasteiger partial charge is 0.456 e. The summed E-state index contributed by atoms with van der Waals surface area (Å²) in [6.45, 7) is 0. The number of furan rings is 1. The van der Waals surface area contributed by atoms with Gasteiger partial charge in [0.1, 0.15) is 11.2 Å². The number of anilines is 3. The molecule has 1 spiro atoms. The summed E-state index contributed by atoms with van der Waals surface area (Å²) < 4.78 is 6.14. The molecule has 0 amide bonds. The fraction of sp³-hybridized carbons (Fsp3) is 0.0149. The fourth-order valence-corrected chi connectivity index (χ4v) is 12.3. The molecular formula is C67H41NO. The van der Waals surface area contributed by atoms with Crippen molar-refractivity contribution in [2.45, 2.75) is 5.41 Å². The molecule has 2 nitrogen and oxygen atoms in total. The van der Waals surface area contributed by atoms with Crippen LogP contribution in [0.15, 0.2) is 253 Å². The minimum Gasteiger partial charge on any atom is -0.456 e. The molecular weight excluding hydrogens is 835 g/mol. The number of hydrogen-bond acceptors (Lipinski definition) is 2. The first kappa shape index (κ1) is 38.2. The average molecular weight is 876 g/mol. The van der Waals surface area contributed by atoms with Gasteiger partial charge in [-0.3, -0.25) is 0 Å². The molecule has 0 radical (unpaired) electrons. The Morgan fingerprint density at radius 1 is 0.275 bits per heavy atom. The first-order valence-corrected chi connectivity index (χ1v) is 23.9. The van der Waals surface area contributed by atoms with Crippen molar-refractivity contribution in [3.8, 4) is 44.5 Å². The Hall–Kier alpha value is -8.98. The van der Waals surface area contributed by atoms with Crippen molar-refractivity contribution in [2.24, 2.45) is 0 Å². The molecule has 0 unspecified atom stereocenters. The summed E-state index contributed by atoms with van der Waals surface area (Å²) in [5, 5.41) is 9.85. The Morgan fingerprint density at radius 2 is 0.725 bits per heavy atom. The molecule has 15 rings (SSSR count). The Labute approximate surface area is 399 Å². The van der Waals surface area contributed by atoms with Crippen LogP contribution in [0.3, 0.4) is 0 Å². The van der Waals surface area contributed by atoms with E-state index >= 15 is 0 Å². The van der Waals surface area contributed by atoms with Gasteiger partial charge in [0.15, 0.2) is 0 Å². The van der Waals surface area contributed by atoms with Crippen LogP contribution in [-0.2, 0) is 5.41 Å². The first-order valence-electron chi connectivity index (χ1n) is 23.9. The van der Waals surface area contributed by atoms with Crippen LogP contribution in [0.4, 0.5) is 17.1 Å². The minimum atomic E-state index is -0.451. The number of para-hydroxylation sites is 1. The Balaban J connectivity index is 0.913. The number of fused-ring (bicyclic) bond motifs is 19. The Bertz CT molecular complexity index is 4170. The molecule has 0 saturated heterocycles. The molecule has 0 bridgehead atoms. The van der Waals surface area contributed by atoms with E-state index in [4.69, 9.17) is 4.42 Å². The molecule has 69 heavy (non-hydrogen) atoms. The molecule has 0 aliphatic heterocycles. The highest BCUT2D eigenvalue weighted by Crippen LogP contribution is 2.64. The van der Waals surface area contributed by atoms with Crippen molar-refractivity contribution in [1.82, 2.24) is 0 Å². The lowest BCUT2D eigenvalue weighted by molar-refractivity contribution is 0.669. The maximum Gasteiger partial charge on any atom is 0.135 e. The van der Waals surface area contributed by atoms with Gasteiger partial charge in [-0.2, -0.15) is 0 Å². The zero-order valence-corrected chi connectivity index (χ0v) is 37.5. The molecule has 0 fully saturated rings. The highest BCUT2D eigenvalue weighted by atomic mass is 16.3. The van der Waals surface area contributed by atoms with Gasteiger partial charge in [0.2, 0.25) is 0 Å². The van der Waals surface area contributed by atoms with E-state index in [1.54, 1.807) is 0 Å². The van der Waals surface area contributed by atoms with Gasteiger partial charge < -0.3 is 9.32 Å². The standard InChI is InChI=1S/C67H41NO/c1-2-16-50-48(14-1)49-15-3-4-17-51(49)57-41-47(37-38-52(50)57)68(46-35-32-43(33-36-46)42-28-30-44(31-29-42)45-34-39-65-58(40-45)55-20-8-12-27-64(55)69-65)63-26-13-25-62-66(63)56-21-7-11-24-61(56)67(62)59-22-9-5-18-53(59)54-19-6-10-23-60(54)67/h1-41H.